The largest absolute Gasteiger partial charge is 0.495 e. The van der Waals surface area contributed by atoms with Crippen LogP contribution in [0.2, 0.25) is 5.02 Å². The molecule has 3 rings (SSSR count). The normalized spacial score (nSPS) is 17.9. The molecule has 1 saturated carbocycles. The molecular formula is C21H23ClN2O3. The topological polar surface area (TPSA) is 67.4 Å². The van der Waals surface area contributed by atoms with Crippen molar-refractivity contribution in [2.75, 3.05) is 12.4 Å². The molecule has 2 atom stereocenters. The molecule has 5 nitrogen and oxygen atoms in total. The Labute approximate surface area is 164 Å². The zero-order valence-corrected chi connectivity index (χ0v) is 16.4. The minimum Gasteiger partial charge on any atom is -0.495 e. The molecule has 2 aromatic carbocycles. The van der Waals surface area contributed by atoms with Gasteiger partial charge in [0.15, 0.2) is 0 Å². The number of nitrogens with one attached hydrogen (secondary N) is 2. The molecule has 2 N–H and O–H groups in total. The Balaban J connectivity index is 1.57. The lowest BCUT2D eigenvalue weighted by Crippen LogP contribution is -2.27. The Hall–Kier alpha value is -2.53. The Morgan fingerprint density at radius 2 is 1.81 bits per heavy atom. The van der Waals surface area contributed by atoms with E-state index < -0.39 is 0 Å². The third-order valence-electron chi connectivity index (χ3n) is 4.92. The Morgan fingerprint density at radius 1 is 1.11 bits per heavy atom. The number of carbonyl (C=O) groups excluding carboxylic acids is 2. The summed E-state index contributed by atoms with van der Waals surface area (Å²) in [4.78, 5) is 24.8. The second-order valence-electron chi connectivity index (χ2n) is 6.88. The molecule has 27 heavy (non-hydrogen) atoms. The fourth-order valence-corrected chi connectivity index (χ4v) is 3.21. The molecule has 0 spiro atoms. The van der Waals surface area contributed by atoms with Gasteiger partial charge in [-0.05, 0) is 43.0 Å². The highest BCUT2D eigenvalue weighted by Crippen LogP contribution is 2.40. The first kappa shape index (κ1) is 19.2. The summed E-state index contributed by atoms with van der Waals surface area (Å²) < 4.78 is 5.28. The van der Waals surface area contributed by atoms with Crippen LogP contribution in [0.5, 0.6) is 5.75 Å². The molecule has 6 heteroatoms. The van der Waals surface area contributed by atoms with Crippen molar-refractivity contribution in [2.24, 2.45) is 11.8 Å². The number of hydrogen-bond donors (Lipinski definition) is 2. The molecule has 0 heterocycles. The maximum atomic E-state index is 12.5. The van der Waals surface area contributed by atoms with Gasteiger partial charge in [-0.1, -0.05) is 35.9 Å². The monoisotopic (exact) mass is 386 g/mol. The minimum atomic E-state index is -0.317. The average Bonchev–Trinajstić information content (AvgIpc) is 3.44. The number of hydrogen-bond acceptors (Lipinski definition) is 3. The van der Waals surface area contributed by atoms with E-state index in [-0.39, 0.29) is 23.7 Å². The molecule has 0 aliphatic heterocycles. The van der Waals surface area contributed by atoms with Gasteiger partial charge in [0.05, 0.1) is 24.6 Å². The number of ether oxygens (including phenoxy) is 1. The minimum absolute atomic E-state index is 0.0855. The van der Waals surface area contributed by atoms with E-state index in [4.69, 9.17) is 16.3 Å². The van der Waals surface area contributed by atoms with Crippen LogP contribution in [0.15, 0.2) is 36.4 Å². The second kappa shape index (κ2) is 8.01. The standard InChI is InChI=1S/C21H23ClN2O3/c1-12-6-4-5-7-14(12)11-23-20(25)15-9-16(15)21(26)24-18-8-13(2)17(22)10-19(18)27-3/h4-8,10,15-16H,9,11H2,1-3H3,(H,23,25)(H,24,26). The number of benzene rings is 2. The fraction of sp³-hybridized carbons (Fsp3) is 0.333. The molecule has 0 radical (unpaired) electrons. The van der Waals surface area contributed by atoms with Crippen molar-refractivity contribution in [2.45, 2.75) is 26.8 Å². The highest BCUT2D eigenvalue weighted by atomic mass is 35.5. The first-order valence-electron chi connectivity index (χ1n) is 8.88. The second-order valence-corrected chi connectivity index (χ2v) is 7.29. The van der Waals surface area contributed by atoms with E-state index >= 15 is 0 Å². The van der Waals surface area contributed by atoms with Crippen molar-refractivity contribution in [3.8, 4) is 5.75 Å². The quantitative estimate of drug-likeness (QED) is 0.792. The van der Waals surface area contributed by atoms with Gasteiger partial charge in [-0.2, -0.15) is 0 Å². The lowest BCUT2D eigenvalue weighted by Gasteiger charge is -2.12. The predicted octanol–water partition coefficient (Wildman–Crippen LogP) is 3.86. The highest BCUT2D eigenvalue weighted by Gasteiger charge is 2.48. The third kappa shape index (κ3) is 4.42. The number of rotatable bonds is 6. The number of amides is 2. The summed E-state index contributed by atoms with van der Waals surface area (Å²) in [6.45, 7) is 4.34. The molecule has 1 aliphatic rings. The van der Waals surface area contributed by atoms with E-state index in [0.717, 1.165) is 16.7 Å². The molecular weight excluding hydrogens is 364 g/mol. The van der Waals surface area contributed by atoms with Gasteiger partial charge in [0.2, 0.25) is 11.8 Å². The Bertz CT molecular complexity index is 882. The molecule has 0 bridgehead atoms. The zero-order valence-electron chi connectivity index (χ0n) is 15.6. The Morgan fingerprint density at radius 3 is 2.52 bits per heavy atom. The molecule has 2 amide bonds. The number of methoxy groups -OCH3 is 1. The van der Waals surface area contributed by atoms with E-state index in [1.54, 1.807) is 12.1 Å². The molecule has 2 unspecified atom stereocenters. The Kier molecular flexibility index (Phi) is 5.71. The van der Waals surface area contributed by atoms with Crippen molar-refractivity contribution < 1.29 is 14.3 Å². The summed E-state index contributed by atoms with van der Waals surface area (Å²) in [6, 6.07) is 11.4. The van der Waals surface area contributed by atoms with Gasteiger partial charge in [0, 0.05) is 17.6 Å². The van der Waals surface area contributed by atoms with E-state index in [0.29, 0.717) is 29.4 Å². The summed E-state index contributed by atoms with van der Waals surface area (Å²) >= 11 is 6.09. The van der Waals surface area contributed by atoms with Crippen LogP contribution in [-0.4, -0.2) is 18.9 Å². The molecule has 1 fully saturated rings. The van der Waals surface area contributed by atoms with E-state index in [1.807, 2.05) is 38.1 Å². The first-order chi connectivity index (χ1) is 12.9. The molecule has 142 valence electrons. The van der Waals surface area contributed by atoms with Crippen molar-refractivity contribution >= 4 is 29.1 Å². The summed E-state index contributed by atoms with van der Waals surface area (Å²) in [5.41, 5.74) is 3.62. The average molecular weight is 387 g/mol. The fourth-order valence-electron chi connectivity index (χ4n) is 3.05. The van der Waals surface area contributed by atoms with Crippen LogP contribution >= 0.6 is 11.6 Å². The van der Waals surface area contributed by atoms with E-state index in [1.165, 1.54) is 7.11 Å². The van der Waals surface area contributed by atoms with Gasteiger partial charge in [-0.3, -0.25) is 9.59 Å². The van der Waals surface area contributed by atoms with Gasteiger partial charge < -0.3 is 15.4 Å². The number of halogens is 1. The summed E-state index contributed by atoms with van der Waals surface area (Å²) in [7, 11) is 1.52. The SMILES string of the molecule is COc1cc(Cl)c(C)cc1NC(=O)C1CC1C(=O)NCc1ccccc1C. The molecule has 1 aliphatic carbocycles. The van der Waals surface area contributed by atoms with Gasteiger partial charge in [0.25, 0.3) is 0 Å². The predicted molar refractivity (Wildman–Crippen MR) is 106 cm³/mol. The lowest BCUT2D eigenvalue weighted by molar-refractivity contribution is -0.125. The number of anilines is 1. The molecule has 2 aromatic rings. The first-order valence-corrected chi connectivity index (χ1v) is 9.25. The lowest BCUT2D eigenvalue weighted by atomic mass is 10.1. The summed E-state index contributed by atoms with van der Waals surface area (Å²) in [5, 5.41) is 6.36. The molecule has 0 aromatic heterocycles. The zero-order chi connectivity index (χ0) is 19.6. The summed E-state index contributed by atoms with van der Waals surface area (Å²) in [5.74, 6) is -0.361. The van der Waals surface area contributed by atoms with Crippen molar-refractivity contribution in [3.05, 3.63) is 58.1 Å². The highest BCUT2D eigenvalue weighted by molar-refractivity contribution is 6.31. The van der Waals surface area contributed by atoms with Crippen LogP contribution in [0.3, 0.4) is 0 Å². The van der Waals surface area contributed by atoms with Gasteiger partial charge in [-0.15, -0.1) is 0 Å². The van der Waals surface area contributed by atoms with Crippen LogP contribution in [0.4, 0.5) is 5.69 Å². The van der Waals surface area contributed by atoms with Crippen LogP contribution in [0, 0.1) is 25.7 Å². The smallest absolute Gasteiger partial charge is 0.228 e. The van der Waals surface area contributed by atoms with Gasteiger partial charge in [-0.25, -0.2) is 0 Å². The van der Waals surface area contributed by atoms with Crippen LogP contribution in [0.25, 0.3) is 0 Å². The van der Waals surface area contributed by atoms with Crippen molar-refractivity contribution in [3.63, 3.8) is 0 Å². The number of aryl methyl sites for hydroxylation is 2. The van der Waals surface area contributed by atoms with Crippen LogP contribution in [0.1, 0.15) is 23.1 Å². The third-order valence-corrected chi connectivity index (χ3v) is 5.32. The van der Waals surface area contributed by atoms with Crippen molar-refractivity contribution in [1.29, 1.82) is 0 Å². The van der Waals surface area contributed by atoms with E-state index in [2.05, 4.69) is 10.6 Å². The molecule has 0 saturated heterocycles. The maximum absolute atomic E-state index is 12.5. The van der Waals surface area contributed by atoms with E-state index in [9.17, 15) is 9.59 Å². The number of carbonyl (C=O) groups is 2. The van der Waals surface area contributed by atoms with Crippen LogP contribution < -0.4 is 15.4 Å². The van der Waals surface area contributed by atoms with Gasteiger partial charge >= 0.3 is 0 Å². The van der Waals surface area contributed by atoms with Crippen molar-refractivity contribution in [1.82, 2.24) is 5.32 Å². The maximum Gasteiger partial charge on any atom is 0.228 e. The van der Waals surface area contributed by atoms with Crippen LogP contribution in [-0.2, 0) is 16.1 Å². The summed E-state index contributed by atoms with van der Waals surface area (Å²) in [6.07, 6.45) is 0.556. The van der Waals surface area contributed by atoms with Gasteiger partial charge in [0.1, 0.15) is 5.75 Å².